The van der Waals surface area contributed by atoms with Crippen molar-refractivity contribution in [2.45, 2.75) is 20.4 Å². The molecule has 1 aromatic carbocycles. The summed E-state index contributed by atoms with van der Waals surface area (Å²) < 4.78 is 21.9. The van der Waals surface area contributed by atoms with E-state index in [1.807, 2.05) is 19.9 Å². The molecule has 0 aliphatic heterocycles. The van der Waals surface area contributed by atoms with Crippen LogP contribution < -0.4 is 5.32 Å². The highest BCUT2D eigenvalue weighted by molar-refractivity contribution is 9.10. The number of hydrogen-bond donors (Lipinski definition) is 1. The van der Waals surface area contributed by atoms with Gasteiger partial charge in [-0.2, -0.15) is 5.10 Å². The molecule has 1 aromatic heterocycles. The minimum absolute atomic E-state index is 0.235. The van der Waals surface area contributed by atoms with E-state index in [0.717, 1.165) is 21.5 Å². The number of aromatic nitrogens is 2. The minimum Gasteiger partial charge on any atom is -0.383 e. The Balaban J connectivity index is 2.34. The van der Waals surface area contributed by atoms with Gasteiger partial charge in [0.15, 0.2) is 0 Å². The van der Waals surface area contributed by atoms with Crippen molar-refractivity contribution in [1.82, 2.24) is 15.1 Å². The summed E-state index contributed by atoms with van der Waals surface area (Å²) in [5.41, 5.74) is 3.20. The zero-order valence-electron chi connectivity index (χ0n) is 12.4. The Kier molecular flexibility index (Phi) is 5.50. The summed E-state index contributed by atoms with van der Waals surface area (Å²) in [6, 6.07) is 5.05. The van der Waals surface area contributed by atoms with Gasteiger partial charge in [0, 0.05) is 25.8 Å². The van der Waals surface area contributed by atoms with Crippen molar-refractivity contribution < 1.29 is 9.13 Å². The molecule has 0 aliphatic carbocycles. The van der Waals surface area contributed by atoms with Crippen molar-refractivity contribution in [2.24, 2.45) is 0 Å². The molecule has 0 atom stereocenters. The number of methoxy groups -OCH3 is 1. The number of aryl methyl sites for hydroxylation is 1. The highest BCUT2D eigenvalue weighted by Crippen LogP contribution is 2.25. The second-order valence-corrected chi connectivity index (χ2v) is 5.60. The number of nitrogens with one attached hydrogen (secondary N) is 1. The molecule has 114 valence electrons. The van der Waals surface area contributed by atoms with Crippen LogP contribution in [0.4, 0.5) is 4.39 Å². The van der Waals surface area contributed by atoms with Gasteiger partial charge in [-0.25, -0.2) is 9.07 Å². The first-order valence-corrected chi connectivity index (χ1v) is 7.54. The Hall–Kier alpha value is -1.24. The van der Waals surface area contributed by atoms with E-state index in [4.69, 9.17) is 4.74 Å². The third-order valence-electron chi connectivity index (χ3n) is 3.31. The van der Waals surface area contributed by atoms with Gasteiger partial charge in [0.2, 0.25) is 0 Å². The summed E-state index contributed by atoms with van der Waals surface area (Å²) in [4.78, 5) is 0. The standard InChI is InChI=1S/C15H19BrFN3O/c1-10-15(16)11(2)20(19-10)14-6-4-5-13(17)12(14)9-18-7-8-21-3/h4-6,18H,7-9H2,1-3H3. The summed E-state index contributed by atoms with van der Waals surface area (Å²) in [7, 11) is 1.64. The van der Waals surface area contributed by atoms with Crippen LogP contribution in [-0.2, 0) is 11.3 Å². The zero-order chi connectivity index (χ0) is 15.4. The summed E-state index contributed by atoms with van der Waals surface area (Å²) in [6.07, 6.45) is 0. The summed E-state index contributed by atoms with van der Waals surface area (Å²) in [5.74, 6) is -0.235. The first-order valence-electron chi connectivity index (χ1n) is 6.75. The Morgan fingerprint density at radius 1 is 1.38 bits per heavy atom. The maximum Gasteiger partial charge on any atom is 0.129 e. The third-order valence-corrected chi connectivity index (χ3v) is 4.46. The average Bonchev–Trinajstić information content (AvgIpc) is 2.72. The first kappa shape index (κ1) is 16.1. The average molecular weight is 356 g/mol. The van der Waals surface area contributed by atoms with Crippen LogP contribution in [0.25, 0.3) is 5.69 Å². The predicted octanol–water partition coefficient (Wildman–Crippen LogP) is 3.13. The monoisotopic (exact) mass is 355 g/mol. The van der Waals surface area contributed by atoms with Crippen molar-refractivity contribution in [3.63, 3.8) is 0 Å². The summed E-state index contributed by atoms with van der Waals surface area (Å²) in [5, 5.41) is 7.65. The van der Waals surface area contributed by atoms with E-state index >= 15 is 0 Å². The van der Waals surface area contributed by atoms with Crippen molar-refractivity contribution in [2.75, 3.05) is 20.3 Å². The lowest BCUT2D eigenvalue weighted by Crippen LogP contribution is -2.20. The molecule has 0 bridgehead atoms. The molecule has 0 saturated carbocycles. The van der Waals surface area contributed by atoms with Crippen LogP contribution in [0.5, 0.6) is 0 Å². The number of ether oxygens (including phenoxy) is 1. The van der Waals surface area contributed by atoms with Crippen molar-refractivity contribution >= 4 is 15.9 Å². The van der Waals surface area contributed by atoms with Gasteiger partial charge in [-0.3, -0.25) is 0 Å². The quantitative estimate of drug-likeness (QED) is 0.809. The molecule has 0 amide bonds. The fourth-order valence-corrected chi connectivity index (χ4v) is 2.41. The van der Waals surface area contributed by atoms with Gasteiger partial charge in [-0.1, -0.05) is 6.07 Å². The molecule has 0 radical (unpaired) electrons. The lowest BCUT2D eigenvalue weighted by Gasteiger charge is -2.13. The van der Waals surface area contributed by atoms with Crippen LogP contribution in [-0.4, -0.2) is 30.0 Å². The van der Waals surface area contributed by atoms with Crippen molar-refractivity contribution in [1.29, 1.82) is 0 Å². The van der Waals surface area contributed by atoms with Crippen LogP contribution >= 0.6 is 15.9 Å². The number of benzene rings is 1. The Bertz CT molecular complexity index is 628. The molecule has 1 heterocycles. The normalized spacial score (nSPS) is 11.1. The Morgan fingerprint density at radius 3 is 2.76 bits per heavy atom. The van der Waals surface area contributed by atoms with Crippen LogP contribution in [0, 0.1) is 19.7 Å². The van der Waals surface area contributed by atoms with Gasteiger partial charge in [0.1, 0.15) is 5.82 Å². The fourth-order valence-electron chi connectivity index (χ4n) is 2.17. The van der Waals surface area contributed by atoms with E-state index in [-0.39, 0.29) is 5.82 Å². The molecule has 0 saturated heterocycles. The molecule has 21 heavy (non-hydrogen) atoms. The first-order chi connectivity index (χ1) is 10.1. The number of hydrogen-bond acceptors (Lipinski definition) is 3. The van der Waals surface area contributed by atoms with Crippen LogP contribution in [0.1, 0.15) is 17.0 Å². The van der Waals surface area contributed by atoms with Gasteiger partial charge >= 0.3 is 0 Å². The molecule has 4 nitrogen and oxygen atoms in total. The highest BCUT2D eigenvalue weighted by atomic mass is 79.9. The molecular weight excluding hydrogens is 337 g/mol. The van der Waals surface area contributed by atoms with Gasteiger partial charge in [0.05, 0.1) is 28.2 Å². The largest absolute Gasteiger partial charge is 0.383 e. The van der Waals surface area contributed by atoms with E-state index in [1.54, 1.807) is 17.9 Å². The van der Waals surface area contributed by atoms with Crippen LogP contribution in [0.2, 0.25) is 0 Å². The lowest BCUT2D eigenvalue weighted by molar-refractivity contribution is 0.199. The summed E-state index contributed by atoms with van der Waals surface area (Å²) in [6.45, 7) is 5.57. The summed E-state index contributed by atoms with van der Waals surface area (Å²) >= 11 is 3.50. The molecule has 2 rings (SSSR count). The van der Waals surface area contributed by atoms with E-state index in [0.29, 0.717) is 25.3 Å². The lowest BCUT2D eigenvalue weighted by atomic mass is 10.1. The van der Waals surface area contributed by atoms with Crippen molar-refractivity contribution in [3.05, 3.63) is 45.4 Å². The highest BCUT2D eigenvalue weighted by Gasteiger charge is 2.15. The van der Waals surface area contributed by atoms with E-state index in [1.165, 1.54) is 6.07 Å². The molecule has 0 aliphatic rings. The Morgan fingerprint density at radius 2 is 2.14 bits per heavy atom. The predicted molar refractivity (Wildman–Crippen MR) is 84.3 cm³/mol. The van der Waals surface area contributed by atoms with E-state index in [2.05, 4.69) is 26.3 Å². The number of nitrogens with zero attached hydrogens (tertiary/aromatic N) is 2. The molecule has 0 fully saturated rings. The minimum atomic E-state index is -0.235. The van der Waals surface area contributed by atoms with Crippen molar-refractivity contribution in [3.8, 4) is 5.69 Å². The second kappa shape index (κ2) is 7.15. The van der Waals surface area contributed by atoms with Crippen LogP contribution in [0.15, 0.2) is 22.7 Å². The van der Waals surface area contributed by atoms with Gasteiger partial charge < -0.3 is 10.1 Å². The SMILES string of the molecule is COCCNCc1c(F)cccc1-n1nc(C)c(Br)c1C. The maximum absolute atomic E-state index is 14.2. The van der Waals surface area contributed by atoms with Gasteiger partial charge in [-0.05, 0) is 41.9 Å². The molecule has 2 aromatic rings. The molecule has 0 spiro atoms. The van der Waals surface area contributed by atoms with E-state index < -0.39 is 0 Å². The molecule has 0 unspecified atom stereocenters. The van der Waals surface area contributed by atoms with Gasteiger partial charge in [0.25, 0.3) is 0 Å². The third kappa shape index (κ3) is 3.51. The maximum atomic E-state index is 14.2. The molecular formula is C15H19BrFN3O. The molecule has 1 N–H and O–H groups in total. The second-order valence-electron chi connectivity index (χ2n) is 4.80. The van der Waals surface area contributed by atoms with E-state index in [9.17, 15) is 4.39 Å². The zero-order valence-corrected chi connectivity index (χ0v) is 14.0. The van der Waals surface area contributed by atoms with Gasteiger partial charge in [-0.15, -0.1) is 0 Å². The fraction of sp³-hybridized carbons (Fsp3) is 0.400. The smallest absolute Gasteiger partial charge is 0.129 e. The number of rotatable bonds is 6. The molecule has 6 heteroatoms. The topological polar surface area (TPSA) is 39.1 Å². The number of halogens is 2. The Labute approximate surface area is 132 Å². The van der Waals surface area contributed by atoms with Crippen LogP contribution in [0.3, 0.4) is 0 Å².